The Hall–Kier alpha value is 0.436. The number of hydrogen-bond acceptors (Lipinski definition) is 1. The van der Waals surface area contributed by atoms with Crippen molar-refractivity contribution in [1.29, 1.82) is 0 Å². The summed E-state index contributed by atoms with van der Waals surface area (Å²) < 4.78 is 1.76. The van der Waals surface area contributed by atoms with E-state index >= 15 is 0 Å². The van der Waals surface area contributed by atoms with Crippen molar-refractivity contribution >= 4 is 24.8 Å². The van der Waals surface area contributed by atoms with Crippen molar-refractivity contribution in [2.45, 2.75) is 17.9 Å². The number of carbonyl (C=O) groups excluding carboxylic acids is 1. The SMILES string of the molecule is C[CH](C)[Mg][CH]=O. The Kier molecular flexibility index (Phi) is 3.88. The summed E-state index contributed by atoms with van der Waals surface area (Å²) in [6.07, 6.45) is 0. The minimum atomic E-state index is -0.324. The van der Waals surface area contributed by atoms with Gasteiger partial charge in [0, 0.05) is 0 Å². The first-order valence-electron chi connectivity index (χ1n) is 2.21. The van der Waals surface area contributed by atoms with E-state index in [9.17, 15) is 4.79 Å². The lowest BCUT2D eigenvalue weighted by Crippen LogP contribution is -1.94. The van der Waals surface area contributed by atoms with Crippen LogP contribution in [-0.2, 0) is 4.79 Å². The van der Waals surface area contributed by atoms with Crippen LogP contribution in [-0.4, -0.2) is 24.8 Å². The molecule has 2 heteroatoms. The van der Waals surface area contributed by atoms with Crippen molar-refractivity contribution < 1.29 is 4.79 Å². The fraction of sp³-hybridized carbons (Fsp3) is 0.750. The first-order valence-corrected chi connectivity index (χ1v) is 3.84. The standard InChI is InChI=1S/C3H7.CHO.Mg/c1-3-2;1-2;/h3H,1-2H3;1H;. The molecule has 0 bridgehead atoms. The summed E-state index contributed by atoms with van der Waals surface area (Å²) in [5.74, 6) is 0. The predicted octanol–water partition coefficient (Wildman–Crippen LogP) is 0.709. The minimum Gasteiger partial charge on any atom is -0.340 e. The fourth-order valence-corrected chi connectivity index (χ4v) is 0.577. The van der Waals surface area contributed by atoms with Crippen molar-refractivity contribution in [2.24, 2.45) is 0 Å². The van der Waals surface area contributed by atoms with Gasteiger partial charge in [-0.05, 0) is 4.42 Å². The van der Waals surface area contributed by atoms with E-state index in [1.807, 2.05) is 0 Å². The molecule has 0 rings (SSSR count). The van der Waals surface area contributed by atoms with Crippen LogP contribution < -0.4 is 0 Å². The molecule has 0 aromatic rings. The van der Waals surface area contributed by atoms with Crippen LogP contribution in [0.3, 0.4) is 0 Å². The Bertz CT molecular complexity index is 42.8. The molecule has 0 aliphatic heterocycles. The van der Waals surface area contributed by atoms with Gasteiger partial charge in [0.2, 0.25) is 0 Å². The third kappa shape index (κ3) is 4.44. The van der Waals surface area contributed by atoms with Crippen LogP contribution in [0.1, 0.15) is 13.8 Å². The van der Waals surface area contributed by atoms with E-state index in [1.54, 1.807) is 0 Å². The maximum absolute atomic E-state index is 9.68. The summed E-state index contributed by atoms with van der Waals surface area (Å²) in [5, 5.41) is 0. The second-order valence-electron chi connectivity index (χ2n) is 1.80. The lowest BCUT2D eigenvalue weighted by Gasteiger charge is -1.86. The zero-order chi connectivity index (χ0) is 4.99. The molecule has 0 atom stereocenters. The normalized spacial score (nSPS) is 7.83. The summed E-state index contributed by atoms with van der Waals surface area (Å²) in [6.45, 7) is 4.17. The van der Waals surface area contributed by atoms with Crippen LogP contribution in [0.4, 0.5) is 0 Å². The second-order valence-corrected chi connectivity index (χ2v) is 4.23. The van der Waals surface area contributed by atoms with Gasteiger partial charge in [-0.25, -0.2) is 0 Å². The summed E-state index contributed by atoms with van der Waals surface area (Å²) in [6, 6.07) is 0. The smallest absolute Gasteiger partial charge is 0.340 e. The Labute approximate surface area is 47.8 Å². The Morgan fingerprint density at radius 3 is 2.17 bits per heavy atom. The highest BCUT2D eigenvalue weighted by Gasteiger charge is 1.95. The fourth-order valence-electron chi connectivity index (χ4n) is 0.192. The zero-order valence-corrected chi connectivity index (χ0v) is 5.68. The van der Waals surface area contributed by atoms with Gasteiger partial charge in [-0.1, -0.05) is 13.8 Å². The van der Waals surface area contributed by atoms with Crippen LogP contribution in [0.5, 0.6) is 0 Å². The maximum atomic E-state index is 9.68. The molecular formula is C4H8MgO. The van der Waals surface area contributed by atoms with E-state index < -0.39 is 0 Å². The molecule has 0 amide bonds. The molecule has 0 aromatic heterocycles. The highest BCUT2D eigenvalue weighted by Crippen LogP contribution is 1.91. The van der Waals surface area contributed by atoms with E-state index in [2.05, 4.69) is 13.8 Å². The van der Waals surface area contributed by atoms with Crippen molar-refractivity contribution in [3.63, 3.8) is 0 Å². The Balaban J connectivity index is 2.81. The zero-order valence-electron chi connectivity index (χ0n) is 4.27. The molecule has 0 aliphatic rings. The van der Waals surface area contributed by atoms with E-state index in [1.165, 1.54) is 0 Å². The Morgan fingerprint density at radius 2 is 2.17 bits per heavy atom. The maximum Gasteiger partial charge on any atom is 0.465 e. The molecule has 6 heavy (non-hydrogen) atoms. The average Bonchev–Trinajstić information content (AvgIpc) is 1.35. The van der Waals surface area contributed by atoms with Gasteiger partial charge >= 0.3 is 20.4 Å². The molecule has 1 nitrogen and oxygen atoms in total. The van der Waals surface area contributed by atoms with Gasteiger partial charge in [0.25, 0.3) is 0 Å². The molecule has 0 heterocycles. The molecule has 32 valence electrons. The lowest BCUT2D eigenvalue weighted by molar-refractivity contribution is 0.568. The molecule has 0 spiro atoms. The third-order valence-corrected chi connectivity index (χ3v) is 1.70. The first-order chi connectivity index (χ1) is 2.77. The van der Waals surface area contributed by atoms with Crippen LogP contribution in [0.15, 0.2) is 0 Å². The first kappa shape index (κ1) is 6.44. The number of hydrogen-bond donors (Lipinski definition) is 0. The summed E-state index contributed by atoms with van der Waals surface area (Å²) in [5.41, 5.74) is 0. The third-order valence-electron chi connectivity index (χ3n) is 0.568. The van der Waals surface area contributed by atoms with Crippen LogP contribution in [0.25, 0.3) is 0 Å². The quantitative estimate of drug-likeness (QED) is 0.365. The highest BCUT2D eigenvalue weighted by molar-refractivity contribution is 6.67. The van der Waals surface area contributed by atoms with Gasteiger partial charge in [0.1, 0.15) is 0 Å². The van der Waals surface area contributed by atoms with Gasteiger partial charge in [-0.2, -0.15) is 0 Å². The summed E-state index contributed by atoms with van der Waals surface area (Å²) in [7, 11) is 0. The van der Waals surface area contributed by atoms with Gasteiger partial charge < -0.3 is 4.79 Å². The van der Waals surface area contributed by atoms with Gasteiger partial charge in [-0.15, -0.1) is 4.05 Å². The Morgan fingerprint density at radius 1 is 1.67 bits per heavy atom. The van der Waals surface area contributed by atoms with Gasteiger partial charge in [-0.3, -0.25) is 0 Å². The van der Waals surface area contributed by atoms with Crippen molar-refractivity contribution in [2.75, 3.05) is 0 Å². The van der Waals surface area contributed by atoms with E-state index in [0.29, 0.717) is 4.05 Å². The molecule has 0 unspecified atom stereocenters. The molecule has 0 fully saturated rings. The van der Waals surface area contributed by atoms with Crippen LogP contribution in [0.2, 0.25) is 4.05 Å². The summed E-state index contributed by atoms with van der Waals surface area (Å²) in [4.78, 5) is 9.68. The average molecular weight is 96.4 g/mol. The highest BCUT2D eigenvalue weighted by atomic mass is 24.5. The van der Waals surface area contributed by atoms with E-state index in [-0.39, 0.29) is 20.4 Å². The van der Waals surface area contributed by atoms with E-state index in [0.717, 1.165) is 4.42 Å². The van der Waals surface area contributed by atoms with Crippen LogP contribution >= 0.6 is 0 Å². The minimum absolute atomic E-state index is 0.324. The molecule has 0 saturated carbocycles. The largest absolute Gasteiger partial charge is 0.465 e. The van der Waals surface area contributed by atoms with Crippen molar-refractivity contribution in [1.82, 2.24) is 0 Å². The number of carbonyl (C=O) groups is 1. The lowest BCUT2D eigenvalue weighted by atomic mass is 10.6. The monoisotopic (exact) mass is 96.0 g/mol. The molecule has 0 radical (unpaired) electrons. The topological polar surface area (TPSA) is 17.1 Å². The summed E-state index contributed by atoms with van der Waals surface area (Å²) >= 11 is -0.324. The van der Waals surface area contributed by atoms with Crippen molar-refractivity contribution in [3.05, 3.63) is 0 Å². The molecule has 0 aromatic carbocycles. The van der Waals surface area contributed by atoms with Crippen LogP contribution in [0, 0.1) is 0 Å². The molecule has 0 aliphatic carbocycles. The number of rotatable bonds is 2. The van der Waals surface area contributed by atoms with Crippen molar-refractivity contribution in [3.8, 4) is 0 Å². The molecular weight excluding hydrogens is 88.3 g/mol. The molecule has 0 saturated heterocycles. The molecule has 0 N–H and O–H groups in total. The van der Waals surface area contributed by atoms with E-state index in [4.69, 9.17) is 0 Å². The predicted molar refractivity (Wildman–Crippen MR) is 27.6 cm³/mol. The van der Waals surface area contributed by atoms with Gasteiger partial charge in [0.15, 0.2) is 0 Å². The second kappa shape index (κ2) is 3.62. The van der Waals surface area contributed by atoms with Gasteiger partial charge in [0.05, 0.1) is 0 Å².